The van der Waals surface area contributed by atoms with Gasteiger partial charge in [0.05, 0.1) is 18.0 Å². The lowest BCUT2D eigenvalue weighted by Gasteiger charge is -2.21. The first kappa shape index (κ1) is 20.5. The predicted octanol–water partition coefficient (Wildman–Crippen LogP) is 1.18. The van der Waals surface area contributed by atoms with Crippen LogP contribution < -0.4 is 5.14 Å². The molecule has 148 valence electrons. The van der Waals surface area contributed by atoms with E-state index in [9.17, 15) is 17.9 Å². The van der Waals surface area contributed by atoms with E-state index in [1.165, 1.54) is 23.9 Å². The molecular formula is C16H16BrFN6O3S. The maximum atomic E-state index is 14.0. The molecule has 1 aromatic carbocycles. The van der Waals surface area contributed by atoms with Gasteiger partial charge in [-0.3, -0.25) is 0 Å². The molecule has 3 N–H and O–H groups in total. The van der Waals surface area contributed by atoms with Gasteiger partial charge in [0.25, 0.3) is 0 Å². The van der Waals surface area contributed by atoms with E-state index in [2.05, 4.69) is 36.3 Å². The number of pyridine rings is 1. The van der Waals surface area contributed by atoms with Crippen LogP contribution >= 0.6 is 15.9 Å². The molecule has 0 aliphatic heterocycles. The number of nitrogens with two attached hydrogens (primary N) is 1. The van der Waals surface area contributed by atoms with Gasteiger partial charge in [-0.05, 0) is 36.4 Å². The molecule has 0 aliphatic rings. The Morgan fingerprint density at radius 3 is 2.68 bits per heavy atom. The van der Waals surface area contributed by atoms with Crippen LogP contribution in [0.25, 0.3) is 11.5 Å². The highest BCUT2D eigenvalue weighted by Crippen LogP contribution is 2.23. The molecule has 0 unspecified atom stereocenters. The average molecular weight is 471 g/mol. The highest BCUT2D eigenvalue weighted by Gasteiger charge is 2.30. The molecule has 0 saturated carbocycles. The van der Waals surface area contributed by atoms with E-state index in [1.807, 2.05) is 0 Å². The molecule has 2 heterocycles. The Kier molecular flexibility index (Phi) is 5.57. The number of nitrogens with zero attached hydrogens (tertiary/aromatic N) is 5. The summed E-state index contributed by atoms with van der Waals surface area (Å²) in [5, 5.41) is 27.4. The number of hydrogen-bond acceptors (Lipinski definition) is 7. The number of primary sulfonamides is 1. The standard InChI is InChI=1S/C16H16BrFN6O3S/c1-16(25,9-28(19,26)27)14-7-3-6-13(20-14)15-21-23-24(22-15)8-10-11(17)4-2-5-12(10)18/h2-7,25H,8-9H2,1H3,(H2,19,26,27)/t16-/m0/s1. The van der Waals surface area contributed by atoms with E-state index in [-0.39, 0.29) is 23.8 Å². The third-order valence-corrected chi connectivity index (χ3v) is 5.53. The quantitative estimate of drug-likeness (QED) is 0.551. The minimum Gasteiger partial charge on any atom is -0.383 e. The monoisotopic (exact) mass is 470 g/mol. The van der Waals surface area contributed by atoms with Gasteiger partial charge >= 0.3 is 0 Å². The fourth-order valence-electron chi connectivity index (χ4n) is 2.56. The normalized spacial score (nSPS) is 14.0. The number of halogens is 2. The molecule has 12 heteroatoms. The van der Waals surface area contributed by atoms with Gasteiger partial charge in [-0.1, -0.05) is 28.1 Å². The number of benzene rings is 1. The van der Waals surface area contributed by atoms with Crippen LogP contribution in [0, 0.1) is 5.82 Å². The Bertz CT molecular complexity index is 1100. The Morgan fingerprint density at radius 1 is 1.29 bits per heavy atom. The van der Waals surface area contributed by atoms with Crippen LogP contribution in [0.4, 0.5) is 4.39 Å². The first-order chi connectivity index (χ1) is 13.0. The number of rotatable bonds is 6. The number of aliphatic hydroxyl groups is 1. The number of aromatic nitrogens is 5. The Morgan fingerprint density at radius 2 is 2.00 bits per heavy atom. The van der Waals surface area contributed by atoms with Crippen LogP contribution in [0.15, 0.2) is 40.9 Å². The van der Waals surface area contributed by atoms with Crippen molar-refractivity contribution in [2.24, 2.45) is 5.14 Å². The molecule has 3 rings (SSSR count). The number of hydrogen-bond donors (Lipinski definition) is 2. The van der Waals surface area contributed by atoms with Crippen LogP contribution in [0.1, 0.15) is 18.2 Å². The Hall–Kier alpha value is -2.28. The van der Waals surface area contributed by atoms with E-state index in [4.69, 9.17) is 5.14 Å². The zero-order valence-electron chi connectivity index (χ0n) is 14.6. The summed E-state index contributed by atoms with van der Waals surface area (Å²) < 4.78 is 37.2. The van der Waals surface area contributed by atoms with E-state index < -0.39 is 27.2 Å². The predicted molar refractivity (Wildman–Crippen MR) is 102 cm³/mol. The van der Waals surface area contributed by atoms with Crippen molar-refractivity contribution in [1.29, 1.82) is 0 Å². The molecule has 0 bridgehead atoms. The highest BCUT2D eigenvalue weighted by molar-refractivity contribution is 9.10. The minimum atomic E-state index is -3.92. The topological polar surface area (TPSA) is 137 Å². The van der Waals surface area contributed by atoms with E-state index in [0.29, 0.717) is 10.0 Å². The molecule has 0 aliphatic carbocycles. The smallest absolute Gasteiger partial charge is 0.223 e. The average Bonchev–Trinajstić information content (AvgIpc) is 3.05. The van der Waals surface area contributed by atoms with Gasteiger partial charge in [0, 0.05) is 10.0 Å². The van der Waals surface area contributed by atoms with Crippen molar-refractivity contribution >= 4 is 26.0 Å². The molecule has 0 saturated heterocycles. The first-order valence-electron chi connectivity index (χ1n) is 7.97. The lowest BCUT2D eigenvalue weighted by molar-refractivity contribution is 0.0773. The summed E-state index contributed by atoms with van der Waals surface area (Å²) in [5.41, 5.74) is -1.07. The summed E-state index contributed by atoms with van der Waals surface area (Å²) in [5.74, 6) is -0.967. The Labute approximate surface area is 168 Å². The van der Waals surface area contributed by atoms with Crippen LogP contribution in [0.5, 0.6) is 0 Å². The molecule has 28 heavy (non-hydrogen) atoms. The van der Waals surface area contributed by atoms with Gasteiger partial charge in [0.1, 0.15) is 17.1 Å². The van der Waals surface area contributed by atoms with E-state index in [1.54, 1.807) is 24.3 Å². The lowest BCUT2D eigenvalue weighted by atomic mass is 10.0. The fraction of sp³-hybridized carbons (Fsp3) is 0.250. The van der Waals surface area contributed by atoms with Crippen molar-refractivity contribution in [2.75, 3.05) is 5.75 Å². The lowest BCUT2D eigenvalue weighted by Crippen LogP contribution is -2.35. The van der Waals surface area contributed by atoms with Crippen molar-refractivity contribution < 1.29 is 17.9 Å². The van der Waals surface area contributed by atoms with E-state index in [0.717, 1.165) is 0 Å². The summed E-state index contributed by atoms with van der Waals surface area (Å²) in [4.78, 5) is 5.43. The second kappa shape index (κ2) is 7.62. The zero-order valence-corrected chi connectivity index (χ0v) is 17.0. The highest BCUT2D eigenvalue weighted by atomic mass is 79.9. The van der Waals surface area contributed by atoms with Crippen molar-refractivity contribution in [3.05, 3.63) is 57.9 Å². The fourth-order valence-corrected chi connectivity index (χ4v) is 3.96. The number of tetrazole rings is 1. The maximum Gasteiger partial charge on any atom is 0.223 e. The van der Waals surface area contributed by atoms with Crippen LogP contribution in [0.2, 0.25) is 0 Å². The van der Waals surface area contributed by atoms with Gasteiger partial charge in [-0.15, -0.1) is 10.2 Å². The van der Waals surface area contributed by atoms with Gasteiger partial charge in [-0.25, -0.2) is 22.9 Å². The second-order valence-electron chi connectivity index (χ2n) is 6.33. The molecular weight excluding hydrogens is 455 g/mol. The van der Waals surface area contributed by atoms with Crippen molar-refractivity contribution in [3.8, 4) is 11.5 Å². The summed E-state index contributed by atoms with van der Waals surface area (Å²) in [6.45, 7) is 1.34. The van der Waals surface area contributed by atoms with Crippen LogP contribution in [-0.2, 0) is 22.2 Å². The van der Waals surface area contributed by atoms with Gasteiger partial charge in [0.2, 0.25) is 15.8 Å². The molecule has 0 amide bonds. The molecule has 1 atom stereocenters. The molecule has 0 fully saturated rings. The van der Waals surface area contributed by atoms with Gasteiger partial charge in [0.15, 0.2) is 0 Å². The summed E-state index contributed by atoms with van der Waals surface area (Å²) >= 11 is 3.28. The summed E-state index contributed by atoms with van der Waals surface area (Å²) in [7, 11) is -3.92. The largest absolute Gasteiger partial charge is 0.383 e. The van der Waals surface area contributed by atoms with Crippen molar-refractivity contribution in [2.45, 2.75) is 19.1 Å². The molecule has 9 nitrogen and oxygen atoms in total. The summed E-state index contributed by atoms with van der Waals surface area (Å²) in [6, 6.07) is 9.23. The molecule has 3 aromatic rings. The first-order valence-corrected chi connectivity index (χ1v) is 10.5. The van der Waals surface area contributed by atoms with Gasteiger partial charge in [-0.2, -0.15) is 4.80 Å². The third-order valence-electron chi connectivity index (χ3n) is 3.83. The number of sulfonamides is 1. The zero-order chi connectivity index (χ0) is 20.5. The maximum absolute atomic E-state index is 14.0. The van der Waals surface area contributed by atoms with Crippen LogP contribution in [-0.4, -0.2) is 44.5 Å². The molecule has 0 spiro atoms. The van der Waals surface area contributed by atoms with Crippen molar-refractivity contribution in [3.63, 3.8) is 0 Å². The van der Waals surface area contributed by atoms with Gasteiger partial charge < -0.3 is 5.11 Å². The molecule has 0 radical (unpaired) electrons. The minimum absolute atomic E-state index is 0.0447. The summed E-state index contributed by atoms with van der Waals surface area (Å²) in [6.07, 6.45) is 0. The second-order valence-corrected chi connectivity index (χ2v) is 8.80. The third kappa shape index (κ3) is 4.76. The molecule has 2 aromatic heterocycles. The Balaban J connectivity index is 1.88. The van der Waals surface area contributed by atoms with Crippen molar-refractivity contribution in [1.82, 2.24) is 25.2 Å². The van der Waals surface area contributed by atoms with Crippen LogP contribution in [0.3, 0.4) is 0 Å². The SMILES string of the molecule is C[C@](O)(CS(N)(=O)=O)c1cccc(-c2nnn(Cc3c(F)cccc3Br)n2)n1. The van der Waals surface area contributed by atoms with E-state index >= 15 is 0 Å².